The van der Waals surface area contributed by atoms with Gasteiger partial charge in [0.15, 0.2) is 0 Å². The van der Waals surface area contributed by atoms with Crippen molar-refractivity contribution in [2.75, 3.05) is 19.3 Å². The Kier molecular flexibility index (Phi) is 7.47. The Labute approximate surface area is 111 Å². The predicted octanol–water partition coefficient (Wildman–Crippen LogP) is 1.21. The van der Waals surface area contributed by atoms with Crippen LogP contribution in [0.3, 0.4) is 0 Å². The Hall–Kier alpha value is -0.620. The molecule has 1 atom stereocenters. The molecule has 0 rings (SSSR count). The van der Waals surface area contributed by atoms with Crippen LogP contribution in [0.25, 0.3) is 0 Å². The first-order valence-electron chi connectivity index (χ1n) is 6.42. The lowest BCUT2D eigenvalue weighted by atomic mass is 10.1. The van der Waals surface area contributed by atoms with E-state index in [-0.39, 0.29) is 11.9 Å². The molecule has 0 aliphatic carbocycles. The lowest BCUT2D eigenvalue weighted by molar-refractivity contribution is -0.121. The summed E-state index contributed by atoms with van der Waals surface area (Å²) in [6.45, 7) is 8.46. The van der Waals surface area contributed by atoms with Crippen LogP contribution in [-0.4, -0.2) is 44.0 Å². The van der Waals surface area contributed by atoms with Gasteiger partial charge < -0.3 is 5.32 Å². The molecule has 0 bridgehead atoms. The van der Waals surface area contributed by atoms with Crippen molar-refractivity contribution in [1.29, 1.82) is 0 Å². The van der Waals surface area contributed by atoms with Crippen LogP contribution >= 0.6 is 0 Å². The molecule has 1 unspecified atom stereocenters. The van der Waals surface area contributed by atoms with Gasteiger partial charge in [-0.25, -0.2) is 8.42 Å². The molecule has 1 N–H and O–H groups in total. The minimum Gasteiger partial charge on any atom is -0.355 e. The van der Waals surface area contributed by atoms with Crippen LogP contribution < -0.4 is 5.32 Å². The molecule has 0 aliphatic heterocycles. The predicted molar refractivity (Wildman–Crippen MR) is 73.8 cm³/mol. The number of nitrogens with zero attached hydrogens (tertiary/aromatic N) is 1. The van der Waals surface area contributed by atoms with Crippen LogP contribution in [0.5, 0.6) is 0 Å². The van der Waals surface area contributed by atoms with E-state index in [1.807, 2.05) is 27.7 Å². The second kappa shape index (κ2) is 7.74. The molecule has 0 fully saturated rings. The second-order valence-corrected chi connectivity index (χ2v) is 7.01. The smallest absolute Gasteiger partial charge is 0.220 e. The van der Waals surface area contributed by atoms with Crippen LogP contribution in [0.1, 0.15) is 40.5 Å². The average molecular weight is 278 g/mol. The zero-order chi connectivity index (χ0) is 14.3. The maximum absolute atomic E-state index is 11.6. The third-order valence-corrected chi connectivity index (χ3v) is 4.15. The molecule has 0 aromatic heterocycles. The number of amides is 1. The third-order valence-electron chi connectivity index (χ3n) is 2.76. The van der Waals surface area contributed by atoms with Crippen molar-refractivity contribution in [2.24, 2.45) is 5.92 Å². The molecule has 0 aliphatic rings. The zero-order valence-corrected chi connectivity index (χ0v) is 12.9. The quantitative estimate of drug-likeness (QED) is 0.725. The molecule has 5 nitrogen and oxygen atoms in total. The first-order valence-corrected chi connectivity index (χ1v) is 8.26. The van der Waals surface area contributed by atoms with E-state index in [0.717, 1.165) is 6.42 Å². The van der Waals surface area contributed by atoms with Crippen molar-refractivity contribution < 1.29 is 13.2 Å². The summed E-state index contributed by atoms with van der Waals surface area (Å²) in [5.41, 5.74) is 0. The molecule has 0 aromatic carbocycles. The highest BCUT2D eigenvalue weighted by Gasteiger charge is 2.21. The van der Waals surface area contributed by atoms with E-state index in [1.165, 1.54) is 10.6 Å². The number of sulfonamides is 1. The first-order chi connectivity index (χ1) is 8.18. The summed E-state index contributed by atoms with van der Waals surface area (Å²) in [7, 11) is -3.22. The van der Waals surface area contributed by atoms with E-state index in [9.17, 15) is 13.2 Å². The van der Waals surface area contributed by atoms with E-state index in [1.54, 1.807) is 0 Å². The first kappa shape index (κ1) is 17.4. The second-order valence-electron chi connectivity index (χ2n) is 5.08. The highest BCUT2D eigenvalue weighted by atomic mass is 32.2. The van der Waals surface area contributed by atoms with E-state index in [4.69, 9.17) is 0 Å². The summed E-state index contributed by atoms with van der Waals surface area (Å²) < 4.78 is 24.6. The van der Waals surface area contributed by atoms with Gasteiger partial charge in [0.05, 0.1) is 6.26 Å². The summed E-state index contributed by atoms with van der Waals surface area (Å²) in [6.07, 6.45) is 2.43. The van der Waals surface area contributed by atoms with Crippen molar-refractivity contribution in [3.05, 3.63) is 0 Å². The number of carbonyl (C=O) groups excluding carboxylic acids is 1. The maximum Gasteiger partial charge on any atom is 0.220 e. The number of carbonyl (C=O) groups is 1. The van der Waals surface area contributed by atoms with Crippen molar-refractivity contribution in [2.45, 2.75) is 46.6 Å². The molecule has 0 saturated carbocycles. The fraction of sp³-hybridized carbons (Fsp3) is 0.917. The van der Waals surface area contributed by atoms with Crippen molar-refractivity contribution in [3.8, 4) is 0 Å². The van der Waals surface area contributed by atoms with Crippen LogP contribution in [0.2, 0.25) is 0 Å². The van der Waals surface area contributed by atoms with Crippen LogP contribution in [0.15, 0.2) is 0 Å². The molecule has 0 spiro atoms. The number of hydrogen-bond donors (Lipinski definition) is 1. The van der Waals surface area contributed by atoms with E-state index >= 15 is 0 Å². The molecule has 0 aromatic rings. The van der Waals surface area contributed by atoms with Gasteiger partial charge >= 0.3 is 0 Å². The van der Waals surface area contributed by atoms with Gasteiger partial charge in [0.2, 0.25) is 15.9 Å². The molecule has 1 amide bonds. The van der Waals surface area contributed by atoms with Gasteiger partial charge in [0.25, 0.3) is 0 Å². The highest BCUT2D eigenvalue weighted by Crippen LogP contribution is 2.07. The van der Waals surface area contributed by atoms with Gasteiger partial charge in [-0.15, -0.1) is 0 Å². The highest BCUT2D eigenvalue weighted by molar-refractivity contribution is 7.88. The van der Waals surface area contributed by atoms with Crippen LogP contribution in [-0.2, 0) is 14.8 Å². The van der Waals surface area contributed by atoms with Gasteiger partial charge in [0.1, 0.15) is 0 Å². The van der Waals surface area contributed by atoms with E-state index < -0.39 is 10.0 Å². The SMILES string of the molecule is CCC(C)N(CCNC(=O)CC(C)C)S(C)(=O)=O. The van der Waals surface area contributed by atoms with Gasteiger partial charge in [-0.05, 0) is 19.3 Å². The summed E-state index contributed by atoms with van der Waals surface area (Å²) >= 11 is 0. The Bertz CT molecular complexity index is 352. The number of nitrogens with one attached hydrogen (secondary N) is 1. The summed E-state index contributed by atoms with van der Waals surface area (Å²) in [5, 5.41) is 2.75. The summed E-state index contributed by atoms with van der Waals surface area (Å²) in [6, 6.07) is -0.0398. The van der Waals surface area contributed by atoms with Crippen molar-refractivity contribution in [1.82, 2.24) is 9.62 Å². The molecule has 0 radical (unpaired) electrons. The fourth-order valence-corrected chi connectivity index (χ4v) is 2.89. The normalized spacial score (nSPS) is 13.9. The van der Waals surface area contributed by atoms with E-state index in [0.29, 0.717) is 25.4 Å². The summed E-state index contributed by atoms with van der Waals surface area (Å²) in [4.78, 5) is 11.4. The monoisotopic (exact) mass is 278 g/mol. The molecule has 108 valence electrons. The van der Waals surface area contributed by atoms with Crippen LogP contribution in [0.4, 0.5) is 0 Å². The molecule has 0 heterocycles. The Balaban J connectivity index is 4.26. The Morgan fingerprint density at radius 1 is 1.28 bits per heavy atom. The van der Waals surface area contributed by atoms with Crippen LogP contribution in [0, 0.1) is 5.92 Å². The lowest BCUT2D eigenvalue weighted by Gasteiger charge is -2.26. The Morgan fingerprint density at radius 2 is 1.83 bits per heavy atom. The van der Waals surface area contributed by atoms with Crippen molar-refractivity contribution in [3.63, 3.8) is 0 Å². The molecular weight excluding hydrogens is 252 g/mol. The fourth-order valence-electron chi connectivity index (χ4n) is 1.67. The van der Waals surface area contributed by atoms with Gasteiger partial charge in [0, 0.05) is 25.6 Å². The zero-order valence-electron chi connectivity index (χ0n) is 12.1. The maximum atomic E-state index is 11.6. The molecule has 0 saturated heterocycles. The largest absolute Gasteiger partial charge is 0.355 e. The van der Waals surface area contributed by atoms with Gasteiger partial charge in [-0.2, -0.15) is 4.31 Å². The van der Waals surface area contributed by atoms with Gasteiger partial charge in [-0.3, -0.25) is 4.79 Å². The standard InChI is InChI=1S/C12H26N2O3S/c1-6-11(4)14(18(5,16)17)8-7-13-12(15)9-10(2)3/h10-11H,6-9H2,1-5H3,(H,13,15). The van der Waals surface area contributed by atoms with Gasteiger partial charge in [-0.1, -0.05) is 20.8 Å². The van der Waals surface area contributed by atoms with Crippen molar-refractivity contribution >= 4 is 15.9 Å². The molecule has 18 heavy (non-hydrogen) atoms. The number of rotatable bonds is 8. The topological polar surface area (TPSA) is 66.5 Å². The van der Waals surface area contributed by atoms with E-state index in [2.05, 4.69) is 5.32 Å². The lowest BCUT2D eigenvalue weighted by Crippen LogP contribution is -2.42. The molecule has 6 heteroatoms. The number of hydrogen-bond acceptors (Lipinski definition) is 3. The Morgan fingerprint density at radius 3 is 2.22 bits per heavy atom. The third kappa shape index (κ3) is 6.96. The minimum absolute atomic E-state index is 0.0254. The summed E-state index contributed by atoms with van der Waals surface area (Å²) in [5.74, 6) is 0.285. The average Bonchev–Trinajstić information content (AvgIpc) is 2.20. The molecular formula is C12H26N2O3S. The minimum atomic E-state index is -3.22.